The first-order valence-corrected chi connectivity index (χ1v) is 3.55. The molecule has 0 nitrogen and oxygen atoms in total. The Kier molecular flexibility index (Phi) is 2.10. The average Bonchev–Trinajstić information content (AvgIpc) is 1.88. The van der Waals surface area contributed by atoms with E-state index in [1.54, 1.807) is 0 Å². The van der Waals surface area contributed by atoms with Gasteiger partial charge in [0, 0.05) is 0 Å². The van der Waals surface area contributed by atoms with Crippen molar-refractivity contribution in [3.63, 3.8) is 0 Å². The van der Waals surface area contributed by atoms with Crippen molar-refractivity contribution in [1.82, 2.24) is 0 Å². The van der Waals surface area contributed by atoms with Crippen LogP contribution in [0.5, 0.6) is 0 Å². The van der Waals surface area contributed by atoms with Gasteiger partial charge in [0.25, 0.3) is 0 Å². The molecule has 1 rings (SSSR count). The van der Waals surface area contributed by atoms with Gasteiger partial charge in [0.05, 0.1) is 0 Å². The van der Waals surface area contributed by atoms with Crippen LogP contribution in [0.2, 0.25) is 0 Å². The van der Waals surface area contributed by atoms with Gasteiger partial charge >= 0.3 is 0 Å². The molecule has 0 aliphatic heterocycles. The Labute approximate surface area is 57.3 Å². The van der Waals surface area contributed by atoms with Crippen LogP contribution in [-0.4, -0.2) is 0 Å². The smallest absolute Gasteiger partial charge is 0.0101 e. The minimum atomic E-state index is 0.643. The zero-order valence-electron chi connectivity index (χ0n) is 6.09. The van der Waals surface area contributed by atoms with E-state index in [1.807, 2.05) is 0 Å². The minimum Gasteiger partial charge on any atom is -0.0800 e. The first-order chi connectivity index (χ1) is 4.33. The highest BCUT2D eigenvalue weighted by Crippen LogP contribution is 2.16. The summed E-state index contributed by atoms with van der Waals surface area (Å²) in [6, 6.07) is 0. The maximum atomic E-state index is 2.31. The molecule has 49 valence electrons. The van der Waals surface area contributed by atoms with E-state index in [0.717, 1.165) is 6.42 Å². The van der Waals surface area contributed by atoms with E-state index in [-0.39, 0.29) is 0 Å². The Balaban J connectivity index is 2.59. The molecule has 1 atom stereocenters. The van der Waals surface area contributed by atoms with Crippen molar-refractivity contribution in [1.29, 1.82) is 0 Å². The second kappa shape index (κ2) is 2.86. The van der Waals surface area contributed by atoms with E-state index >= 15 is 0 Å². The van der Waals surface area contributed by atoms with E-state index < -0.39 is 0 Å². The van der Waals surface area contributed by atoms with Crippen LogP contribution in [0.4, 0.5) is 0 Å². The topological polar surface area (TPSA) is 0 Å². The quantitative estimate of drug-likeness (QED) is 0.500. The Morgan fingerprint density at radius 2 is 2.33 bits per heavy atom. The lowest BCUT2D eigenvalue weighted by Gasteiger charge is -2.09. The first kappa shape index (κ1) is 6.60. The Hall–Kier alpha value is -0.520. The van der Waals surface area contributed by atoms with Crippen molar-refractivity contribution in [2.24, 2.45) is 5.92 Å². The molecule has 0 fully saturated rings. The highest BCUT2D eigenvalue weighted by atomic mass is 14.1. The summed E-state index contributed by atoms with van der Waals surface area (Å²) in [4.78, 5) is 0. The zero-order chi connectivity index (χ0) is 6.69. The summed E-state index contributed by atoms with van der Waals surface area (Å²) in [5.41, 5.74) is 1.46. The van der Waals surface area contributed by atoms with Crippen molar-refractivity contribution in [3.05, 3.63) is 30.2 Å². The summed E-state index contributed by atoms with van der Waals surface area (Å²) >= 11 is 0. The highest BCUT2D eigenvalue weighted by molar-refractivity contribution is 5.27. The summed E-state index contributed by atoms with van der Waals surface area (Å²) in [6.45, 7) is 4.40. The lowest BCUT2D eigenvalue weighted by Crippen LogP contribution is -1.94. The third-order valence-corrected chi connectivity index (χ3v) is 1.61. The monoisotopic (exact) mass is 121 g/mol. The molecule has 0 aromatic heterocycles. The summed E-state index contributed by atoms with van der Waals surface area (Å²) in [7, 11) is 0. The summed E-state index contributed by atoms with van der Waals surface area (Å²) in [5, 5.41) is 0. The molecule has 1 unspecified atom stereocenters. The fourth-order valence-electron chi connectivity index (χ4n) is 1.04. The van der Waals surface area contributed by atoms with Gasteiger partial charge in [0.1, 0.15) is 0 Å². The van der Waals surface area contributed by atoms with Crippen LogP contribution in [0.15, 0.2) is 23.8 Å². The lowest BCUT2D eigenvalue weighted by atomic mass is 9.97. The van der Waals surface area contributed by atoms with E-state index in [0.29, 0.717) is 5.92 Å². The van der Waals surface area contributed by atoms with Crippen LogP contribution in [-0.2, 0) is 0 Å². The fourth-order valence-corrected chi connectivity index (χ4v) is 1.04. The van der Waals surface area contributed by atoms with Gasteiger partial charge in [0.2, 0.25) is 0 Å². The van der Waals surface area contributed by atoms with Gasteiger partial charge in [0.15, 0.2) is 0 Å². The molecule has 0 aromatic carbocycles. The molecule has 0 saturated carbocycles. The largest absolute Gasteiger partial charge is 0.0800 e. The third kappa shape index (κ3) is 1.70. The van der Waals surface area contributed by atoms with E-state index in [1.165, 1.54) is 5.57 Å². The van der Waals surface area contributed by atoms with Crippen LogP contribution in [0.25, 0.3) is 0 Å². The van der Waals surface area contributed by atoms with Gasteiger partial charge in [-0.15, -0.1) is 0 Å². The highest BCUT2D eigenvalue weighted by Gasteiger charge is 2.00. The number of rotatable bonds is 1. The van der Waals surface area contributed by atoms with Crippen molar-refractivity contribution in [2.45, 2.75) is 20.3 Å². The van der Waals surface area contributed by atoms with Crippen LogP contribution in [0, 0.1) is 12.3 Å². The molecule has 1 aliphatic rings. The fraction of sp³-hybridized carbons (Fsp3) is 0.444. The Morgan fingerprint density at radius 1 is 1.56 bits per heavy atom. The van der Waals surface area contributed by atoms with Crippen LogP contribution in [0.1, 0.15) is 20.3 Å². The molecule has 0 heterocycles. The van der Waals surface area contributed by atoms with Crippen molar-refractivity contribution in [2.75, 3.05) is 0 Å². The predicted octanol–water partition coefficient (Wildman–Crippen LogP) is 2.73. The van der Waals surface area contributed by atoms with E-state index in [9.17, 15) is 0 Å². The third-order valence-electron chi connectivity index (χ3n) is 1.61. The molecule has 0 heteroatoms. The summed E-state index contributed by atoms with van der Waals surface area (Å²) in [6.07, 6.45) is 10.00. The van der Waals surface area contributed by atoms with Gasteiger partial charge in [-0.05, 0) is 18.8 Å². The molecule has 0 spiro atoms. The Bertz CT molecular complexity index is 140. The Morgan fingerprint density at radius 3 is 2.78 bits per heavy atom. The van der Waals surface area contributed by atoms with Gasteiger partial charge < -0.3 is 0 Å². The molecule has 0 bridgehead atoms. The minimum absolute atomic E-state index is 0.643. The predicted molar refractivity (Wildman–Crippen MR) is 41.0 cm³/mol. The van der Waals surface area contributed by atoms with Crippen LogP contribution >= 0.6 is 0 Å². The van der Waals surface area contributed by atoms with E-state index in [2.05, 4.69) is 38.5 Å². The number of allylic oxidation sites excluding steroid dienone is 4. The molecule has 1 radical (unpaired) electrons. The van der Waals surface area contributed by atoms with Gasteiger partial charge in [-0.2, -0.15) is 0 Å². The number of hydrogen-bond acceptors (Lipinski definition) is 0. The lowest BCUT2D eigenvalue weighted by molar-refractivity contribution is 0.855. The van der Waals surface area contributed by atoms with E-state index in [4.69, 9.17) is 0 Å². The zero-order valence-corrected chi connectivity index (χ0v) is 6.09. The molecule has 0 aromatic rings. The molecule has 0 amide bonds. The first-order valence-electron chi connectivity index (χ1n) is 3.55. The number of hydrogen-bond donors (Lipinski definition) is 0. The second-order valence-corrected chi connectivity index (χ2v) is 2.51. The molecule has 0 saturated heterocycles. The van der Waals surface area contributed by atoms with Gasteiger partial charge in [-0.3, -0.25) is 0 Å². The maximum Gasteiger partial charge on any atom is -0.0101 e. The van der Waals surface area contributed by atoms with Crippen LogP contribution < -0.4 is 0 Å². The standard InChI is InChI=1S/C9H13/c1-3-9-6-4-5-8(2)7-9/h4-8H,3H2,1-2H3. The molecular weight excluding hydrogens is 108 g/mol. The van der Waals surface area contributed by atoms with Gasteiger partial charge in [-0.1, -0.05) is 37.6 Å². The second-order valence-electron chi connectivity index (χ2n) is 2.51. The molecular formula is C9H13. The maximum absolute atomic E-state index is 2.31. The molecule has 0 N–H and O–H groups in total. The SMILES string of the molecule is CCC1=CC(C)[CH]C=C1. The van der Waals surface area contributed by atoms with Crippen molar-refractivity contribution < 1.29 is 0 Å². The summed E-state index contributed by atoms with van der Waals surface area (Å²) in [5.74, 6) is 0.643. The average molecular weight is 121 g/mol. The summed E-state index contributed by atoms with van der Waals surface area (Å²) < 4.78 is 0. The molecule has 9 heavy (non-hydrogen) atoms. The molecule has 1 aliphatic carbocycles. The normalized spacial score (nSPS) is 26.0. The van der Waals surface area contributed by atoms with Gasteiger partial charge in [-0.25, -0.2) is 0 Å². The van der Waals surface area contributed by atoms with Crippen molar-refractivity contribution in [3.8, 4) is 0 Å². The van der Waals surface area contributed by atoms with Crippen molar-refractivity contribution >= 4 is 0 Å². The van der Waals surface area contributed by atoms with Crippen LogP contribution in [0.3, 0.4) is 0 Å².